The zero-order valence-corrected chi connectivity index (χ0v) is 12.0. The third kappa shape index (κ3) is 2.54. The van der Waals surface area contributed by atoms with E-state index in [1.807, 2.05) is 12.1 Å². The van der Waals surface area contributed by atoms with Gasteiger partial charge in [0, 0.05) is 5.54 Å². The molecule has 104 valence electrons. The molecule has 3 nitrogen and oxygen atoms in total. The molecule has 0 spiro atoms. The average Bonchev–Trinajstić information content (AvgIpc) is 2.93. The van der Waals surface area contributed by atoms with E-state index in [0.717, 1.165) is 37.0 Å². The molecule has 0 bridgehead atoms. The van der Waals surface area contributed by atoms with Crippen LogP contribution >= 0.6 is 11.6 Å². The van der Waals surface area contributed by atoms with Crippen molar-refractivity contribution in [1.82, 2.24) is 0 Å². The van der Waals surface area contributed by atoms with E-state index in [9.17, 15) is 0 Å². The van der Waals surface area contributed by atoms with Crippen LogP contribution in [-0.2, 0) is 5.54 Å². The number of halogens is 1. The normalized spacial score (nSPS) is 21.4. The Bertz CT molecular complexity index is 479. The molecular formula is C15H20ClNO2. The van der Waals surface area contributed by atoms with Gasteiger partial charge < -0.3 is 15.2 Å². The van der Waals surface area contributed by atoms with Crippen LogP contribution < -0.4 is 15.2 Å². The lowest BCUT2D eigenvalue weighted by atomic mass is 10.1. The third-order valence-corrected chi connectivity index (χ3v) is 4.45. The van der Waals surface area contributed by atoms with Crippen molar-refractivity contribution < 1.29 is 9.47 Å². The minimum atomic E-state index is -0.205. The van der Waals surface area contributed by atoms with E-state index < -0.39 is 0 Å². The highest BCUT2D eigenvalue weighted by Gasteiger charge is 2.41. The van der Waals surface area contributed by atoms with Crippen LogP contribution in [0.5, 0.6) is 11.5 Å². The maximum absolute atomic E-state index is 6.29. The predicted molar refractivity (Wildman–Crippen MR) is 76.0 cm³/mol. The largest absolute Gasteiger partial charge is 0.491 e. The van der Waals surface area contributed by atoms with Gasteiger partial charge in [0.1, 0.15) is 0 Å². The number of ether oxygens (including phenoxy) is 2. The lowest BCUT2D eigenvalue weighted by Gasteiger charge is -2.19. The Labute approximate surface area is 119 Å². The van der Waals surface area contributed by atoms with Crippen LogP contribution in [0.3, 0.4) is 0 Å². The van der Waals surface area contributed by atoms with Gasteiger partial charge in [0.05, 0.1) is 18.2 Å². The van der Waals surface area contributed by atoms with E-state index in [0.29, 0.717) is 10.8 Å². The van der Waals surface area contributed by atoms with Crippen LogP contribution in [0.1, 0.15) is 44.1 Å². The Balaban J connectivity index is 1.92. The molecule has 0 radical (unpaired) electrons. The topological polar surface area (TPSA) is 44.5 Å². The number of benzene rings is 1. The Morgan fingerprint density at radius 3 is 2.53 bits per heavy atom. The van der Waals surface area contributed by atoms with Gasteiger partial charge in [0.15, 0.2) is 11.5 Å². The number of hydrogen-bond acceptors (Lipinski definition) is 3. The first kappa shape index (κ1) is 13.1. The minimum Gasteiger partial charge on any atom is -0.491 e. The monoisotopic (exact) mass is 281 g/mol. The van der Waals surface area contributed by atoms with Gasteiger partial charge in [-0.3, -0.25) is 0 Å². The number of methoxy groups -OCH3 is 1. The van der Waals surface area contributed by atoms with Crippen LogP contribution in [-0.4, -0.2) is 13.2 Å². The molecule has 0 atom stereocenters. The van der Waals surface area contributed by atoms with Crippen LogP contribution in [0.4, 0.5) is 0 Å². The molecule has 0 aliphatic heterocycles. The highest BCUT2D eigenvalue weighted by molar-refractivity contribution is 6.32. The van der Waals surface area contributed by atoms with E-state index in [1.165, 1.54) is 12.8 Å². The number of nitrogens with two attached hydrogens (primary N) is 1. The van der Waals surface area contributed by atoms with Crippen molar-refractivity contribution in [2.24, 2.45) is 5.73 Å². The van der Waals surface area contributed by atoms with Crippen molar-refractivity contribution in [1.29, 1.82) is 0 Å². The molecule has 1 aromatic carbocycles. The van der Waals surface area contributed by atoms with Crippen molar-refractivity contribution >= 4 is 11.6 Å². The summed E-state index contributed by atoms with van der Waals surface area (Å²) >= 11 is 6.29. The summed E-state index contributed by atoms with van der Waals surface area (Å²) in [7, 11) is 1.62. The summed E-state index contributed by atoms with van der Waals surface area (Å²) in [6.45, 7) is 0. The van der Waals surface area contributed by atoms with E-state index in [2.05, 4.69) is 0 Å². The molecule has 2 aliphatic carbocycles. The Morgan fingerprint density at radius 1 is 1.26 bits per heavy atom. The van der Waals surface area contributed by atoms with Gasteiger partial charge in [-0.15, -0.1) is 0 Å². The standard InChI is InChI=1S/C15H20ClNO2/c1-18-14-12(16)8-10(15(17)6-7-15)9-13(14)19-11-4-2-3-5-11/h8-9,11H,2-7,17H2,1H3. The highest BCUT2D eigenvalue weighted by Crippen LogP contribution is 2.47. The molecule has 1 aromatic rings. The fourth-order valence-electron chi connectivity index (χ4n) is 2.75. The first-order valence-corrected chi connectivity index (χ1v) is 7.34. The smallest absolute Gasteiger partial charge is 0.179 e. The number of rotatable bonds is 4. The minimum absolute atomic E-state index is 0.205. The summed E-state index contributed by atoms with van der Waals surface area (Å²) in [5.74, 6) is 1.37. The summed E-state index contributed by atoms with van der Waals surface area (Å²) in [6.07, 6.45) is 7.00. The second-order valence-corrected chi connectivity index (χ2v) is 6.08. The molecule has 0 unspecified atom stereocenters. The summed E-state index contributed by atoms with van der Waals surface area (Å²) in [5, 5.41) is 0.588. The first-order chi connectivity index (χ1) is 9.12. The van der Waals surface area contributed by atoms with Crippen molar-refractivity contribution in [3.63, 3.8) is 0 Å². The van der Waals surface area contributed by atoms with Gasteiger partial charge >= 0.3 is 0 Å². The van der Waals surface area contributed by atoms with Gasteiger partial charge in [-0.1, -0.05) is 11.6 Å². The molecule has 2 fully saturated rings. The molecule has 0 saturated heterocycles. The second-order valence-electron chi connectivity index (χ2n) is 5.67. The van der Waals surface area contributed by atoms with E-state index in [4.69, 9.17) is 26.8 Å². The molecular weight excluding hydrogens is 262 g/mol. The molecule has 3 rings (SSSR count). The maximum atomic E-state index is 6.29. The SMILES string of the molecule is COc1c(Cl)cc(C2(N)CC2)cc1OC1CCCC1. The fraction of sp³-hybridized carbons (Fsp3) is 0.600. The van der Waals surface area contributed by atoms with Crippen LogP contribution in [0.2, 0.25) is 5.02 Å². The van der Waals surface area contributed by atoms with Crippen molar-refractivity contribution in [2.45, 2.75) is 50.2 Å². The second kappa shape index (κ2) is 4.88. The lowest BCUT2D eigenvalue weighted by molar-refractivity contribution is 0.200. The summed E-state index contributed by atoms with van der Waals surface area (Å²) in [5.41, 5.74) is 7.11. The zero-order valence-electron chi connectivity index (χ0n) is 11.2. The van der Waals surface area contributed by atoms with Crippen molar-refractivity contribution in [2.75, 3.05) is 7.11 Å². The molecule has 2 aliphatic rings. The van der Waals surface area contributed by atoms with Crippen molar-refractivity contribution in [3.05, 3.63) is 22.7 Å². The zero-order chi connectivity index (χ0) is 13.5. The van der Waals surface area contributed by atoms with Crippen LogP contribution in [0, 0.1) is 0 Å². The molecule has 0 heterocycles. The van der Waals surface area contributed by atoms with Gasteiger partial charge in [-0.25, -0.2) is 0 Å². The lowest BCUT2D eigenvalue weighted by Crippen LogP contribution is -2.19. The molecule has 4 heteroatoms. The summed E-state index contributed by atoms with van der Waals surface area (Å²) in [6, 6.07) is 3.92. The van der Waals surface area contributed by atoms with Crippen LogP contribution in [0.15, 0.2) is 12.1 Å². The van der Waals surface area contributed by atoms with E-state index >= 15 is 0 Å². The molecule has 0 aromatic heterocycles. The van der Waals surface area contributed by atoms with Gasteiger partial charge in [-0.05, 0) is 56.2 Å². The Morgan fingerprint density at radius 2 is 1.95 bits per heavy atom. The maximum Gasteiger partial charge on any atom is 0.179 e. The first-order valence-electron chi connectivity index (χ1n) is 6.96. The summed E-state index contributed by atoms with van der Waals surface area (Å²) < 4.78 is 11.5. The molecule has 19 heavy (non-hydrogen) atoms. The predicted octanol–water partition coefficient (Wildman–Crippen LogP) is 3.62. The van der Waals surface area contributed by atoms with Crippen molar-refractivity contribution in [3.8, 4) is 11.5 Å². The van der Waals surface area contributed by atoms with Gasteiger partial charge in [0.2, 0.25) is 0 Å². The fourth-order valence-corrected chi connectivity index (χ4v) is 3.04. The molecule has 0 amide bonds. The average molecular weight is 282 g/mol. The van der Waals surface area contributed by atoms with E-state index in [1.54, 1.807) is 7.11 Å². The Hall–Kier alpha value is -0.930. The Kier molecular flexibility index (Phi) is 3.35. The molecule has 2 N–H and O–H groups in total. The van der Waals surface area contributed by atoms with E-state index in [-0.39, 0.29) is 11.6 Å². The number of hydrogen-bond donors (Lipinski definition) is 1. The third-order valence-electron chi connectivity index (χ3n) is 4.17. The van der Waals surface area contributed by atoms with Gasteiger partial charge in [0.25, 0.3) is 0 Å². The summed E-state index contributed by atoms with van der Waals surface area (Å²) in [4.78, 5) is 0. The van der Waals surface area contributed by atoms with Gasteiger partial charge in [-0.2, -0.15) is 0 Å². The molecule has 2 saturated carbocycles. The quantitative estimate of drug-likeness (QED) is 0.917. The highest BCUT2D eigenvalue weighted by atomic mass is 35.5. The van der Waals surface area contributed by atoms with Crippen LogP contribution in [0.25, 0.3) is 0 Å².